The van der Waals surface area contributed by atoms with Crippen LogP contribution in [0.15, 0.2) is 84.9 Å². The Labute approximate surface area is 237 Å². The molecule has 0 unspecified atom stereocenters. The van der Waals surface area contributed by atoms with Crippen molar-refractivity contribution in [3.05, 3.63) is 107 Å². The lowest BCUT2D eigenvalue weighted by Gasteiger charge is -2.12. The Morgan fingerprint density at radius 2 is 0.762 bits per heavy atom. The molecule has 214 valence electrons. The van der Waals surface area contributed by atoms with Gasteiger partial charge in [0, 0.05) is 12.1 Å². The Balaban J connectivity index is 1.33. The maximum Gasteiger partial charge on any atom is 0.336 e. The van der Waals surface area contributed by atoms with Crippen molar-refractivity contribution < 1.29 is 58.6 Å². The molecule has 0 fully saturated rings. The number of carboxylic acids is 4. The van der Waals surface area contributed by atoms with Gasteiger partial charge < -0.3 is 39.4 Å². The van der Waals surface area contributed by atoms with Gasteiger partial charge in [-0.3, -0.25) is 0 Å². The second-order valence-electron chi connectivity index (χ2n) is 8.49. The SMILES string of the molecule is O=C(O)c1ccc(Oc2cccc(OCCOc3cccc(Oc4ccc(C(=O)O)c(C(=O)O)c4)c3)c2)cc1C(=O)O. The zero-order valence-corrected chi connectivity index (χ0v) is 21.6. The Morgan fingerprint density at radius 3 is 1.12 bits per heavy atom. The molecular weight excluding hydrogens is 552 g/mol. The van der Waals surface area contributed by atoms with Crippen LogP contribution < -0.4 is 18.9 Å². The molecule has 4 rings (SSSR count). The monoisotopic (exact) mass is 574 g/mol. The third-order valence-electron chi connectivity index (χ3n) is 5.61. The van der Waals surface area contributed by atoms with Gasteiger partial charge in [-0.15, -0.1) is 0 Å². The first-order chi connectivity index (χ1) is 20.1. The molecule has 4 N–H and O–H groups in total. The van der Waals surface area contributed by atoms with Crippen LogP contribution in [0.1, 0.15) is 41.4 Å². The summed E-state index contributed by atoms with van der Waals surface area (Å²) in [6.07, 6.45) is 0. The number of hydrogen-bond donors (Lipinski definition) is 4. The van der Waals surface area contributed by atoms with Crippen LogP contribution >= 0.6 is 0 Å². The molecule has 0 aliphatic carbocycles. The number of rotatable bonds is 13. The molecule has 0 saturated carbocycles. The van der Waals surface area contributed by atoms with E-state index in [1.807, 2.05) is 0 Å². The van der Waals surface area contributed by atoms with Gasteiger partial charge in [-0.1, -0.05) is 12.1 Å². The highest BCUT2D eigenvalue weighted by atomic mass is 16.5. The Hall–Kier alpha value is -6.04. The maximum absolute atomic E-state index is 11.4. The molecular formula is C30H22O12. The molecule has 0 bridgehead atoms. The van der Waals surface area contributed by atoms with E-state index in [1.165, 1.54) is 12.1 Å². The van der Waals surface area contributed by atoms with Crippen LogP contribution in [0.25, 0.3) is 0 Å². The molecule has 42 heavy (non-hydrogen) atoms. The summed E-state index contributed by atoms with van der Waals surface area (Å²) in [5, 5.41) is 36.9. The fourth-order valence-corrected chi connectivity index (χ4v) is 3.75. The van der Waals surface area contributed by atoms with E-state index >= 15 is 0 Å². The Morgan fingerprint density at radius 1 is 0.429 bits per heavy atom. The van der Waals surface area contributed by atoms with Crippen molar-refractivity contribution in [2.75, 3.05) is 13.2 Å². The minimum Gasteiger partial charge on any atom is -0.490 e. The molecule has 0 saturated heterocycles. The third kappa shape index (κ3) is 7.33. The zero-order chi connectivity index (χ0) is 30.2. The van der Waals surface area contributed by atoms with E-state index in [0.717, 1.165) is 24.3 Å². The fraction of sp³-hybridized carbons (Fsp3) is 0.0667. The average molecular weight is 574 g/mol. The Bertz CT molecular complexity index is 1540. The summed E-state index contributed by atoms with van der Waals surface area (Å²) in [4.78, 5) is 45.3. The summed E-state index contributed by atoms with van der Waals surface area (Å²) >= 11 is 0. The molecule has 0 spiro atoms. The van der Waals surface area contributed by atoms with Crippen molar-refractivity contribution in [1.82, 2.24) is 0 Å². The first kappa shape index (κ1) is 29.0. The summed E-state index contributed by atoms with van der Waals surface area (Å²) in [7, 11) is 0. The highest BCUT2D eigenvalue weighted by molar-refractivity contribution is 6.02. The van der Waals surface area contributed by atoms with E-state index in [-0.39, 0.29) is 35.8 Å². The van der Waals surface area contributed by atoms with E-state index < -0.39 is 35.0 Å². The number of carboxylic acid groups (broad SMARTS) is 4. The standard InChI is InChI=1S/C30H22O12/c31-27(32)23-9-7-21(15-25(23)29(35)36)41-19-5-1-3-17(13-19)39-11-12-40-18-4-2-6-20(14-18)42-22-8-10-24(28(33)34)26(16-22)30(37)38/h1-10,13-16H,11-12H2,(H,31,32)(H,33,34)(H,35,36)(H,37,38). The number of hydrogen-bond acceptors (Lipinski definition) is 8. The van der Waals surface area contributed by atoms with Crippen molar-refractivity contribution in [2.24, 2.45) is 0 Å². The number of carbonyl (C=O) groups is 4. The molecule has 0 atom stereocenters. The molecule has 0 aliphatic rings. The highest BCUT2D eigenvalue weighted by Gasteiger charge is 2.18. The second kappa shape index (κ2) is 12.9. The predicted molar refractivity (Wildman–Crippen MR) is 145 cm³/mol. The predicted octanol–water partition coefficient (Wildman–Crippen LogP) is 5.52. The van der Waals surface area contributed by atoms with E-state index in [9.17, 15) is 29.4 Å². The van der Waals surface area contributed by atoms with E-state index in [2.05, 4.69) is 0 Å². The van der Waals surface area contributed by atoms with E-state index in [1.54, 1.807) is 48.5 Å². The van der Waals surface area contributed by atoms with Crippen molar-refractivity contribution >= 4 is 23.9 Å². The largest absolute Gasteiger partial charge is 0.490 e. The lowest BCUT2D eigenvalue weighted by atomic mass is 10.1. The maximum atomic E-state index is 11.4. The highest BCUT2D eigenvalue weighted by Crippen LogP contribution is 2.29. The minimum absolute atomic E-state index is 0.136. The average Bonchev–Trinajstić information content (AvgIpc) is 2.95. The van der Waals surface area contributed by atoms with Gasteiger partial charge in [-0.05, 0) is 60.7 Å². The van der Waals surface area contributed by atoms with Crippen LogP contribution in [0, 0.1) is 0 Å². The van der Waals surface area contributed by atoms with Gasteiger partial charge in [0.1, 0.15) is 47.7 Å². The van der Waals surface area contributed by atoms with Crippen molar-refractivity contribution in [3.8, 4) is 34.5 Å². The van der Waals surface area contributed by atoms with Crippen molar-refractivity contribution in [2.45, 2.75) is 0 Å². The number of aromatic carboxylic acids is 4. The van der Waals surface area contributed by atoms with Crippen LogP contribution in [0.4, 0.5) is 0 Å². The quantitative estimate of drug-likeness (QED) is 0.147. The summed E-state index contributed by atoms with van der Waals surface area (Å²) in [5.74, 6) is -3.70. The molecule has 0 amide bonds. The summed E-state index contributed by atoms with van der Waals surface area (Å²) < 4.78 is 22.8. The van der Waals surface area contributed by atoms with Gasteiger partial charge in [-0.25, -0.2) is 19.2 Å². The van der Waals surface area contributed by atoms with Gasteiger partial charge in [0.05, 0.1) is 22.3 Å². The van der Waals surface area contributed by atoms with Gasteiger partial charge in [0.15, 0.2) is 0 Å². The van der Waals surface area contributed by atoms with Crippen LogP contribution in [-0.4, -0.2) is 57.5 Å². The normalized spacial score (nSPS) is 10.4. The number of ether oxygens (including phenoxy) is 4. The van der Waals surface area contributed by atoms with Gasteiger partial charge >= 0.3 is 23.9 Å². The molecule has 0 heterocycles. The minimum atomic E-state index is -1.39. The first-order valence-electron chi connectivity index (χ1n) is 12.1. The topological polar surface area (TPSA) is 186 Å². The van der Waals surface area contributed by atoms with Crippen molar-refractivity contribution in [1.29, 1.82) is 0 Å². The lowest BCUT2D eigenvalue weighted by molar-refractivity contribution is 0.0651. The molecule has 0 aromatic heterocycles. The molecule has 12 heteroatoms. The summed E-state index contributed by atoms with van der Waals surface area (Å²) in [5.41, 5.74) is -1.52. The van der Waals surface area contributed by atoms with Gasteiger partial charge in [0.25, 0.3) is 0 Å². The van der Waals surface area contributed by atoms with Crippen LogP contribution in [-0.2, 0) is 0 Å². The van der Waals surface area contributed by atoms with Crippen LogP contribution in [0.3, 0.4) is 0 Å². The van der Waals surface area contributed by atoms with Gasteiger partial charge in [-0.2, -0.15) is 0 Å². The molecule has 12 nitrogen and oxygen atoms in total. The van der Waals surface area contributed by atoms with Gasteiger partial charge in [0.2, 0.25) is 0 Å². The molecule has 0 radical (unpaired) electrons. The summed E-state index contributed by atoms with van der Waals surface area (Å²) in [6, 6.07) is 20.3. The summed E-state index contributed by atoms with van der Waals surface area (Å²) in [6.45, 7) is 0.285. The smallest absolute Gasteiger partial charge is 0.336 e. The fourth-order valence-electron chi connectivity index (χ4n) is 3.75. The first-order valence-corrected chi connectivity index (χ1v) is 12.1. The van der Waals surface area contributed by atoms with Crippen LogP contribution in [0.5, 0.6) is 34.5 Å². The van der Waals surface area contributed by atoms with E-state index in [0.29, 0.717) is 23.0 Å². The lowest BCUT2D eigenvalue weighted by Crippen LogP contribution is -2.09. The van der Waals surface area contributed by atoms with Crippen LogP contribution in [0.2, 0.25) is 0 Å². The third-order valence-corrected chi connectivity index (χ3v) is 5.61. The van der Waals surface area contributed by atoms with E-state index in [4.69, 9.17) is 29.2 Å². The number of benzene rings is 4. The molecule has 0 aliphatic heterocycles. The molecule has 4 aromatic carbocycles. The zero-order valence-electron chi connectivity index (χ0n) is 21.6. The Kier molecular flexibility index (Phi) is 8.88. The molecule has 4 aromatic rings. The second-order valence-corrected chi connectivity index (χ2v) is 8.49. The van der Waals surface area contributed by atoms with Crippen molar-refractivity contribution in [3.63, 3.8) is 0 Å².